The van der Waals surface area contributed by atoms with Gasteiger partial charge in [-0.05, 0) is 30.7 Å². The minimum atomic E-state index is -0.710. The fourth-order valence-corrected chi connectivity index (χ4v) is 3.68. The molecule has 1 aliphatic heterocycles. The first-order valence-electron chi connectivity index (χ1n) is 10.0. The number of hydrogen-bond acceptors (Lipinski definition) is 5. The van der Waals surface area contributed by atoms with Gasteiger partial charge in [0.25, 0.3) is 5.91 Å². The van der Waals surface area contributed by atoms with Gasteiger partial charge in [0.15, 0.2) is 11.5 Å². The SMILES string of the molecule is CCOc1cccc(C2C(C(=O)C(C)C)=C(O)C(=O)N2Cc2ccccc2OC)c1. The van der Waals surface area contributed by atoms with Crippen LogP contribution in [-0.4, -0.2) is 35.4 Å². The number of Topliss-reactive ketones (excluding diaryl/α,β-unsaturated/α-hetero) is 1. The molecule has 1 aliphatic rings. The summed E-state index contributed by atoms with van der Waals surface area (Å²) in [6.07, 6.45) is 0. The number of ketones is 1. The Morgan fingerprint density at radius 1 is 1.17 bits per heavy atom. The van der Waals surface area contributed by atoms with Crippen LogP contribution in [0.25, 0.3) is 0 Å². The third kappa shape index (κ3) is 4.03. The summed E-state index contributed by atoms with van der Waals surface area (Å²) < 4.78 is 11.0. The van der Waals surface area contributed by atoms with Crippen molar-refractivity contribution in [3.05, 3.63) is 71.0 Å². The van der Waals surface area contributed by atoms with Crippen LogP contribution in [0.2, 0.25) is 0 Å². The van der Waals surface area contributed by atoms with Crippen molar-refractivity contribution < 1.29 is 24.2 Å². The number of rotatable bonds is 8. The van der Waals surface area contributed by atoms with Crippen LogP contribution in [-0.2, 0) is 16.1 Å². The molecule has 0 saturated carbocycles. The highest BCUT2D eigenvalue weighted by molar-refractivity contribution is 6.09. The van der Waals surface area contributed by atoms with Gasteiger partial charge in [0.05, 0.1) is 31.9 Å². The van der Waals surface area contributed by atoms with Crippen LogP contribution >= 0.6 is 0 Å². The van der Waals surface area contributed by atoms with Gasteiger partial charge in [-0.1, -0.05) is 44.2 Å². The topological polar surface area (TPSA) is 76.1 Å². The molecule has 0 bridgehead atoms. The van der Waals surface area contributed by atoms with Gasteiger partial charge in [-0.25, -0.2) is 0 Å². The van der Waals surface area contributed by atoms with Gasteiger partial charge in [-0.2, -0.15) is 0 Å². The van der Waals surface area contributed by atoms with Gasteiger partial charge in [0, 0.05) is 11.5 Å². The molecule has 0 spiro atoms. The molecular weight excluding hydrogens is 382 g/mol. The van der Waals surface area contributed by atoms with E-state index in [4.69, 9.17) is 9.47 Å². The minimum Gasteiger partial charge on any atom is -0.503 e. The second-order valence-corrected chi connectivity index (χ2v) is 7.43. The van der Waals surface area contributed by atoms with Gasteiger partial charge in [-0.3, -0.25) is 9.59 Å². The summed E-state index contributed by atoms with van der Waals surface area (Å²) >= 11 is 0. The number of aliphatic hydroxyl groups is 1. The molecule has 2 aromatic rings. The van der Waals surface area contributed by atoms with Crippen molar-refractivity contribution in [1.29, 1.82) is 0 Å². The number of hydrogen-bond donors (Lipinski definition) is 1. The molecule has 0 aromatic heterocycles. The average Bonchev–Trinajstić information content (AvgIpc) is 2.99. The third-order valence-electron chi connectivity index (χ3n) is 5.11. The van der Waals surface area contributed by atoms with Crippen LogP contribution in [0, 0.1) is 5.92 Å². The highest BCUT2D eigenvalue weighted by Crippen LogP contribution is 2.41. The Morgan fingerprint density at radius 3 is 2.57 bits per heavy atom. The first-order valence-corrected chi connectivity index (χ1v) is 10.0. The molecule has 0 radical (unpaired) electrons. The summed E-state index contributed by atoms with van der Waals surface area (Å²) in [5, 5.41) is 10.7. The lowest BCUT2D eigenvalue weighted by molar-refractivity contribution is -0.130. The number of ether oxygens (including phenoxy) is 2. The van der Waals surface area contributed by atoms with Gasteiger partial charge in [0.1, 0.15) is 11.5 Å². The summed E-state index contributed by atoms with van der Waals surface area (Å²) in [5.74, 6) is -0.404. The minimum absolute atomic E-state index is 0.124. The maximum atomic E-state index is 13.0. The fraction of sp³-hybridized carbons (Fsp3) is 0.333. The van der Waals surface area contributed by atoms with E-state index in [1.165, 1.54) is 4.90 Å². The van der Waals surface area contributed by atoms with Crippen molar-refractivity contribution in [2.45, 2.75) is 33.4 Å². The predicted octanol–water partition coefficient (Wildman–Crippen LogP) is 4.21. The molecule has 3 rings (SSSR count). The molecule has 1 amide bonds. The van der Waals surface area contributed by atoms with Crippen molar-refractivity contribution in [2.24, 2.45) is 5.92 Å². The lowest BCUT2D eigenvalue weighted by Gasteiger charge is -2.28. The Balaban J connectivity index is 2.10. The van der Waals surface area contributed by atoms with E-state index in [1.807, 2.05) is 55.5 Å². The Hall–Kier alpha value is -3.28. The zero-order valence-electron chi connectivity index (χ0n) is 17.7. The van der Waals surface area contributed by atoms with Gasteiger partial charge < -0.3 is 19.5 Å². The zero-order valence-corrected chi connectivity index (χ0v) is 17.7. The Kier molecular flexibility index (Phi) is 6.45. The fourth-order valence-electron chi connectivity index (χ4n) is 3.68. The highest BCUT2D eigenvalue weighted by atomic mass is 16.5. The maximum Gasteiger partial charge on any atom is 0.290 e. The van der Waals surface area contributed by atoms with Crippen molar-refractivity contribution >= 4 is 11.7 Å². The standard InChI is InChI=1S/C24H27NO5/c1-5-30-18-11-8-10-16(13-18)21-20(22(26)15(2)3)23(27)24(28)25(21)14-17-9-6-7-12-19(17)29-4/h6-13,15,21,27H,5,14H2,1-4H3. The first-order chi connectivity index (χ1) is 14.4. The Labute approximate surface area is 176 Å². The molecule has 1 unspecified atom stereocenters. The molecule has 6 heteroatoms. The number of carbonyl (C=O) groups excluding carboxylic acids is 2. The molecule has 1 N–H and O–H groups in total. The van der Waals surface area contributed by atoms with Crippen molar-refractivity contribution in [2.75, 3.05) is 13.7 Å². The zero-order chi connectivity index (χ0) is 21.8. The molecule has 0 aliphatic carbocycles. The van der Waals surface area contributed by atoms with E-state index in [2.05, 4.69) is 0 Å². The number of methoxy groups -OCH3 is 1. The molecule has 1 heterocycles. The molecule has 0 fully saturated rings. The van der Waals surface area contributed by atoms with Crippen LogP contribution in [0.3, 0.4) is 0 Å². The summed E-state index contributed by atoms with van der Waals surface area (Å²) in [6, 6.07) is 14.0. The average molecular weight is 409 g/mol. The largest absolute Gasteiger partial charge is 0.503 e. The van der Waals surface area contributed by atoms with E-state index in [9.17, 15) is 14.7 Å². The number of carbonyl (C=O) groups is 2. The number of amides is 1. The number of para-hydroxylation sites is 1. The second kappa shape index (κ2) is 9.03. The highest BCUT2D eigenvalue weighted by Gasteiger charge is 2.44. The molecular formula is C24H27NO5. The van der Waals surface area contributed by atoms with E-state index >= 15 is 0 Å². The monoisotopic (exact) mass is 409 g/mol. The lowest BCUT2D eigenvalue weighted by Crippen LogP contribution is -2.31. The van der Waals surface area contributed by atoms with E-state index < -0.39 is 17.7 Å². The van der Waals surface area contributed by atoms with Crippen LogP contribution in [0.4, 0.5) is 0 Å². The Bertz CT molecular complexity index is 979. The van der Waals surface area contributed by atoms with E-state index in [0.29, 0.717) is 23.7 Å². The number of aliphatic hydroxyl groups excluding tert-OH is 1. The van der Waals surface area contributed by atoms with Crippen LogP contribution in [0.15, 0.2) is 59.9 Å². The van der Waals surface area contributed by atoms with Crippen molar-refractivity contribution in [3.8, 4) is 11.5 Å². The molecule has 158 valence electrons. The van der Waals surface area contributed by atoms with Gasteiger partial charge in [-0.15, -0.1) is 0 Å². The third-order valence-corrected chi connectivity index (χ3v) is 5.11. The summed E-state index contributed by atoms with van der Waals surface area (Å²) in [4.78, 5) is 27.5. The maximum absolute atomic E-state index is 13.0. The van der Waals surface area contributed by atoms with Gasteiger partial charge >= 0.3 is 0 Å². The molecule has 1 atom stereocenters. The van der Waals surface area contributed by atoms with Crippen LogP contribution < -0.4 is 9.47 Å². The molecule has 6 nitrogen and oxygen atoms in total. The predicted molar refractivity (Wildman–Crippen MR) is 113 cm³/mol. The summed E-state index contributed by atoms with van der Waals surface area (Å²) in [7, 11) is 1.57. The first kappa shape index (κ1) is 21.4. The molecule has 30 heavy (non-hydrogen) atoms. The van der Waals surface area contributed by atoms with Crippen molar-refractivity contribution in [3.63, 3.8) is 0 Å². The van der Waals surface area contributed by atoms with E-state index in [1.54, 1.807) is 21.0 Å². The summed E-state index contributed by atoms with van der Waals surface area (Å²) in [6.45, 7) is 6.08. The van der Waals surface area contributed by atoms with E-state index in [0.717, 1.165) is 5.56 Å². The van der Waals surface area contributed by atoms with Crippen LogP contribution in [0.5, 0.6) is 11.5 Å². The quantitative estimate of drug-likeness (QED) is 0.707. The molecule has 0 saturated heterocycles. The smallest absolute Gasteiger partial charge is 0.290 e. The number of benzene rings is 2. The second-order valence-electron chi connectivity index (χ2n) is 7.43. The van der Waals surface area contributed by atoms with Crippen LogP contribution in [0.1, 0.15) is 37.9 Å². The number of nitrogens with zero attached hydrogens (tertiary/aromatic N) is 1. The lowest BCUT2D eigenvalue weighted by atomic mass is 9.91. The van der Waals surface area contributed by atoms with Gasteiger partial charge in [0.2, 0.25) is 0 Å². The van der Waals surface area contributed by atoms with E-state index in [-0.39, 0.29) is 23.8 Å². The normalized spacial score (nSPS) is 16.4. The Morgan fingerprint density at radius 2 is 1.90 bits per heavy atom. The summed E-state index contributed by atoms with van der Waals surface area (Å²) in [5.41, 5.74) is 1.61. The van der Waals surface area contributed by atoms with Crippen molar-refractivity contribution in [1.82, 2.24) is 4.90 Å². The molecule has 2 aromatic carbocycles.